The largest absolute Gasteiger partial charge is 0.457 e. The summed E-state index contributed by atoms with van der Waals surface area (Å²) in [6, 6.07) is 8.15. The van der Waals surface area contributed by atoms with E-state index in [1.807, 2.05) is 24.3 Å². The van der Waals surface area contributed by atoms with Gasteiger partial charge in [0.2, 0.25) is 5.91 Å². The maximum Gasteiger partial charge on any atom is 0.317 e. The van der Waals surface area contributed by atoms with E-state index < -0.39 is 0 Å². The molecule has 1 amide bonds. The maximum atomic E-state index is 11.2. The first-order valence-corrected chi connectivity index (χ1v) is 10.0. The molecule has 0 saturated carbocycles. The predicted octanol–water partition coefficient (Wildman–Crippen LogP) is 1.01. The maximum absolute atomic E-state index is 11.2. The van der Waals surface area contributed by atoms with Crippen molar-refractivity contribution >= 4 is 32.6 Å². The van der Waals surface area contributed by atoms with Crippen LogP contribution >= 0.6 is 11.3 Å². The van der Waals surface area contributed by atoms with Crippen molar-refractivity contribution in [3.63, 3.8) is 0 Å². The van der Waals surface area contributed by atoms with Crippen molar-refractivity contribution in [3.8, 4) is 17.3 Å². The van der Waals surface area contributed by atoms with E-state index in [2.05, 4.69) is 20.3 Å². The lowest BCUT2D eigenvalue weighted by molar-refractivity contribution is -0.908. The Labute approximate surface area is 166 Å². The number of morpholine rings is 1. The average Bonchev–Trinajstić information content (AvgIpc) is 3.09. The molecule has 8 nitrogen and oxygen atoms in total. The number of nitrogens with zero attached hydrogens (tertiary/aromatic N) is 3. The van der Waals surface area contributed by atoms with E-state index in [9.17, 15) is 4.79 Å². The van der Waals surface area contributed by atoms with Gasteiger partial charge in [-0.25, -0.2) is 9.97 Å². The highest BCUT2D eigenvalue weighted by atomic mass is 32.1. The molecule has 28 heavy (non-hydrogen) atoms. The van der Waals surface area contributed by atoms with Crippen LogP contribution in [0.4, 0.5) is 5.13 Å². The number of aromatic nitrogens is 3. The minimum atomic E-state index is -0.129. The molecule has 2 aromatic heterocycles. The molecule has 9 heteroatoms. The van der Waals surface area contributed by atoms with E-state index in [0.29, 0.717) is 17.7 Å². The molecule has 1 aliphatic rings. The van der Waals surface area contributed by atoms with Gasteiger partial charge in [0, 0.05) is 18.7 Å². The Balaban J connectivity index is 1.44. The summed E-state index contributed by atoms with van der Waals surface area (Å²) in [7, 11) is 0. The summed E-state index contributed by atoms with van der Waals surface area (Å²) in [5, 5.41) is 3.32. The van der Waals surface area contributed by atoms with Crippen molar-refractivity contribution < 1.29 is 19.2 Å². The summed E-state index contributed by atoms with van der Waals surface area (Å²) in [6.07, 6.45) is 1.71. The fourth-order valence-corrected chi connectivity index (χ4v) is 4.01. The first kappa shape index (κ1) is 18.7. The molecule has 0 aliphatic carbocycles. The zero-order valence-electron chi connectivity index (χ0n) is 15.6. The number of hydrogen-bond donors (Lipinski definition) is 2. The van der Waals surface area contributed by atoms with Gasteiger partial charge in [0.05, 0.1) is 29.1 Å². The van der Waals surface area contributed by atoms with Crippen LogP contribution in [-0.4, -0.2) is 60.3 Å². The van der Waals surface area contributed by atoms with Crippen molar-refractivity contribution in [1.82, 2.24) is 15.0 Å². The molecular formula is C19H22N5O3S+. The summed E-state index contributed by atoms with van der Waals surface area (Å²) < 4.78 is 12.1. The van der Waals surface area contributed by atoms with Crippen LogP contribution in [0, 0.1) is 0 Å². The number of thiazole rings is 1. The second-order valence-corrected chi connectivity index (χ2v) is 7.60. The molecule has 0 unspecified atom stereocenters. The number of ether oxygens (including phenoxy) is 2. The zero-order chi connectivity index (χ0) is 19.3. The van der Waals surface area contributed by atoms with Gasteiger partial charge in [-0.1, -0.05) is 17.4 Å². The molecule has 2 N–H and O–H groups in total. The second-order valence-electron chi connectivity index (χ2n) is 6.57. The number of rotatable bonds is 6. The van der Waals surface area contributed by atoms with Gasteiger partial charge in [-0.2, -0.15) is 4.98 Å². The second kappa shape index (κ2) is 8.59. The monoisotopic (exact) mass is 400 g/mol. The number of benzene rings is 1. The van der Waals surface area contributed by atoms with Crippen LogP contribution in [0.25, 0.3) is 21.5 Å². The smallest absolute Gasteiger partial charge is 0.317 e. The molecule has 1 fully saturated rings. The molecular weight excluding hydrogens is 378 g/mol. The third-order valence-electron chi connectivity index (χ3n) is 4.49. The van der Waals surface area contributed by atoms with Crippen LogP contribution in [0.2, 0.25) is 0 Å². The summed E-state index contributed by atoms with van der Waals surface area (Å²) in [5.41, 5.74) is 2.59. The van der Waals surface area contributed by atoms with Gasteiger partial charge < -0.3 is 19.7 Å². The minimum absolute atomic E-state index is 0.129. The van der Waals surface area contributed by atoms with E-state index in [4.69, 9.17) is 9.47 Å². The molecule has 0 bridgehead atoms. The Morgan fingerprint density at radius 2 is 2.14 bits per heavy atom. The van der Waals surface area contributed by atoms with Crippen LogP contribution in [-0.2, 0) is 9.53 Å². The Kier molecular flexibility index (Phi) is 5.75. The highest BCUT2D eigenvalue weighted by Gasteiger charge is 2.14. The van der Waals surface area contributed by atoms with Crippen LogP contribution in [0.3, 0.4) is 0 Å². The fraction of sp³-hybridized carbons (Fsp3) is 0.368. The molecule has 1 saturated heterocycles. The SMILES string of the molecule is CC(=O)Nc1nc2ccc(-c3ccnc(OCC[NH+]4CCOCC4)n3)cc2s1. The van der Waals surface area contributed by atoms with Gasteiger partial charge in [0.25, 0.3) is 0 Å². The Hall–Kier alpha value is -2.62. The third-order valence-corrected chi connectivity index (χ3v) is 5.42. The first-order valence-electron chi connectivity index (χ1n) is 9.23. The predicted molar refractivity (Wildman–Crippen MR) is 107 cm³/mol. The molecule has 3 heterocycles. The number of carbonyl (C=O) groups excluding carboxylic acids is 1. The van der Waals surface area contributed by atoms with Gasteiger partial charge in [-0.05, 0) is 18.2 Å². The van der Waals surface area contributed by atoms with E-state index in [0.717, 1.165) is 54.3 Å². The van der Waals surface area contributed by atoms with E-state index in [-0.39, 0.29) is 5.91 Å². The van der Waals surface area contributed by atoms with Crippen molar-refractivity contribution in [2.24, 2.45) is 0 Å². The fourth-order valence-electron chi connectivity index (χ4n) is 3.06. The zero-order valence-corrected chi connectivity index (χ0v) is 16.4. The highest BCUT2D eigenvalue weighted by Crippen LogP contribution is 2.30. The topological polar surface area (TPSA) is 90.7 Å². The van der Waals surface area contributed by atoms with E-state index >= 15 is 0 Å². The summed E-state index contributed by atoms with van der Waals surface area (Å²) in [6.45, 7) is 6.61. The number of quaternary nitrogens is 1. The molecule has 0 radical (unpaired) electrons. The third kappa shape index (κ3) is 4.61. The number of nitrogens with one attached hydrogen (secondary N) is 2. The normalized spacial score (nSPS) is 14.9. The summed E-state index contributed by atoms with van der Waals surface area (Å²) >= 11 is 1.44. The van der Waals surface area contributed by atoms with Crippen molar-refractivity contribution in [2.45, 2.75) is 6.92 Å². The minimum Gasteiger partial charge on any atom is -0.457 e. The Morgan fingerprint density at radius 1 is 1.29 bits per heavy atom. The van der Waals surface area contributed by atoms with Crippen LogP contribution in [0.1, 0.15) is 6.92 Å². The molecule has 1 aromatic carbocycles. The quantitative estimate of drug-likeness (QED) is 0.642. The van der Waals surface area contributed by atoms with Gasteiger partial charge in [0.1, 0.15) is 26.2 Å². The lowest BCUT2D eigenvalue weighted by Crippen LogP contribution is -3.14. The van der Waals surface area contributed by atoms with Crippen LogP contribution in [0.15, 0.2) is 30.5 Å². The van der Waals surface area contributed by atoms with Crippen LogP contribution in [0.5, 0.6) is 6.01 Å². The standard InChI is InChI=1S/C19H21N5O3S/c1-13(25)21-19-23-16-3-2-14(12-17(16)28-19)15-4-5-20-18(22-15)27-11-8-24-6-9-26-10-7-24/h2-5,12H,6-11H2,1H3,(H,21,23,25)/p+1. The number of fused-ring (bicyclic) bond motifs is 1. The number of carbonyl (C=O) groups is 1. The van der Waals surface area contributed by atoms with Crippen molar-refractivity contribution in [2.75, 3.05) is 44.8 Å². The Morgan fingerprint density at radius 3 is 2.96 bits per heavy atom. The van der Waals surface area contributed by atoms with Gasteiger partial charge in [-0.15, -0.1) is 0 Å². The van der Waals surface area contributed by atoms with E-state index in [1.165, 1.54) is 23.2 Å². The molecule has 1 aliphatic heterocycles. The van der Waals surface area contributed by atoms with Gasteiger partial charge in [-0.3, -0.25) is 4.79 Å². The lowest BCUT2D eigenvalue weighted by atomic mass is 10.1. The number of amides is 1. The van der Waals surface area contributed by atoms with Crippen LogP contribution < -0.4 is 15.0 Å². The molecule has 0 atom stereocenters. The van der Waals surface area contributed by atoms with Gasteiger partial charge in [0.15, 0.2) is 5.13 Å². The van der Waals surface area contributed by atoms with Gasteiger partial charge >= 0.3 is 6.01 Å². The van der Waals surface area contributed by atoms with Crippen molar-refractivity contribution in [1.29, 1.82) is 0 Å². The van der Waals surface area contributed by atoms with E-state index in [1.54, 1.807) is 6.20 Å². The molecule has 3 aromatic rings. The summed E-state index contributed by atoms with van der Waals surface area (Å²) in [5.74, 6) is -0.129. The molecule has 4 rings (SSSR count). The summed E-state index contributed by atoms with van der Waals surface area (Å²) in [4.78, 5) is 25.9. The Bertz CT molecular complexity index is 971. The highest BCUT2D eigenvalue weighted by molar-refractivity contribution is 7.22. The molecule has 146 valence electrons. The lowest BCUT2D eigenvalue weighted by Gasteiger charge is -2.23. The number of hydrogen-bond acceptors (Lipinski definition) is 7. The first-order chi connectivity index (χ1) is 13.7. The average molecular weight is 400 g/mol. The number of anilines is 1. The molecule has 0 spiro atoms. The van der Waals surface area contributed by atoms with Crippen molar-refractivity contribution in [3.05, 3.63) is 30.5 Å².